The second kappa shape index (κ2) is 3.91. The van der Waals surface area contributed by atoms with Gasteiger partial charge >= 0.3 is 0 Å². The van der Waals surface area contributed by atoms with Gasteiger partial charge in [0.25, 0.3) is 0 Å². The summed E-state index contributed by atoms with van der Waals surface area (Å²) in [7, 11) is 0. The summed E-state index contributed by atoms with van der Waals surface area (Å²) in [4.78, 5) is 10.9. The minimum absolute atomic E-state index is 0.441. The predicted octanol–water partition coefficient (Wildman–Crippen LogP) is -0.131. The van der Waals surface area contributed by atoms with E-state index in [0.29, 0.717) is 24.2 Å². The number of nitrogens with two attached hydrogens (primary N) is 3. The van der Waals surface area contributed by atoms with Gasteiger partial charge in [-0.3, -0.25) is 4.79 Å². The van der Waals surface area contributed by atoms with Crippen molar-refractivity contribution in [2.24, 2.45) is 11.5 Å². The fourth-order valence-electron chi connectivity index (χ4n) is 1.22. The molecule has 70 valence electrons. The van der Waals surface area contributed by atoms with Crippen LogP contribution in [0.2, 0.25) is 0 Å². The highest BCUT2D eigenvalue weighted by molar-refractivity contribution is 5.94. The van der Waals surface area contributed by atoms with E-state index >= 15 is 0 Å². The molecule has 0 spiro atoms. The second-order valence-electron chi connectivity index (χ2n) is 2.82. The Hall–Kier alpha value is -1.55. The Bertz CT molecular complexity index is 323. The first-order valence-electron chi connectivity index (χ1n) is 4.03. The van der Waals surface area contributed by atoms with Gasteiger partial charge in [0.2, 0.25) is 5.91 Å². The molecule has 0 aromatic heterocycles. The van der Waals surface area contributed by atoms with Crippen LogP contribution in [0.1, 0.15) is 15.9 Å². The number of nitrogen functional groups attached to an aromatic ring is 1. The van der Waals surface area contributed by atoms with E-state index in [1.807, 2.05) is 0 Å². The van der Waals surface area contributed by atoms with Gasteiger partial charge in [0, 0.05) is 11.3 Å². The van der Waals surface area contributed by atoms with Gasteiger partial charge < -0.3 is 17.2 Å². The molecular formula is C9H13N3O. The van der Waals surface area contributed by atoms with Gasteiger partial charge in [-0.05, 0) is 36.7 Å². The Morgan fingerprint density at radius 3 is 2.62 bits per heavy atom. The first kappa shape index (κ1) is 9.54. The van der Waals surface area contributed by atoms with Crippen molar-refractivity contribution >= 4 is 11.6 Å². The summed E-state index contributed by atoms with van der Waals surface area (Å²) in [5.41, 5.74) is 18.1. The van der Waals surface area contributed by atoms with E-state index in [4.69, 9.17) is 17.2 Å². The number of benzene rings is 1. The van der Waals surface area contributed by atoms with E-state index in [2.05, 4.69) is 0 Å². The zero-order valence-corrected chi connectivity index (χ0v) is 7.29. The molecule has 0 saturated heterocycles. The summed E-state index contributed by atoms with van der Waals surface area (Å²) in [5.74, 6) is -0.441. The lowest BCUT2D eigenvalue weighted by atomic mass is 10.0. The van der Waals surface area contributed by atoms with Crippen LogP contribution in [0.4, 0.5) is 5.69 Å². The molecule has 0 aliphatic heterocycles. The third-order valence-corrected chi connectivity index (χ3v) is 1.81. The van der Waals surface area contributed by atoms with E-state index in [1.165, 1.54) is 0 Å². The summed E-state index contributed by atoms with van der Waals surface area (Å²) in [6.45, 7) is 0.476. The van der Waals surface area contributed by atoms with Crippen LogP contribution < -0.4 is 17.2 Å². The smallest absolute Gasteiger partial charge is 0.248 e. The molecule has 0 unspecified atom stereocenters. The topological polar surface area (TPSA) is 95.1 Å². The molecule has 1 aromatic rings. The van der Waals surface area contributed by atoms with Crippen LogP contribution in [-0.2, 0) is 6.42 Å². The fraction of sp³-hybridized carbons (Fsp3) is 0.222. The van der Waals surface area contributed by atoms with Gasteiger partial charge in [-0.1, -0.05) is 0 Å². The third-order valence-electron chi connectivity index (χ3n) is 1.81. The quantitative estimate of drug-likeness (QED) is 0.564. The molecule has 0 aliphatic rings. The van der Waals surface area contributed by atoms with Crippen LogP contribution in [0, 0.1) is 0 Å². The Labute approximate surface area is 76.7 Å². The highest BCUT2D eigenvalue weighted by atomic mass is 16.1. The number of anilines is 1. The molecule has 4 heteroatoms. The van der Waals surface area contributed by atoms with Crippen molar-refractivity contribution < 1.29 is 4.79 Å². The normalized spacial score (nSPS) is 9.92. The van der Waals surface area contributed by atoms with Crippen LogP contribution in [0.25, 0.3) is 0 Å². The predicted molar refractivity (Wildman–Crippen MR) is 52.1 cm³/mol. The van der Waals surface area contributed by atoms with Crippen LogP contribution in [0.5, 0.6) is 0 Å². The largest absolute Gasteiger partial charge is 0.399 e. The number of rotatable bonds is 3. The summed E-state index contributed by atoms with van der Waals surface area (Å²) in [6, 6.07) is 5.01. The molecular weight excluding hydrogens is 166 g/mol. The fourth-order valence-corrected chi connectivity index (χ4v) is 1.22. The highest BCUT2D eigenvalue weighted by Crippen LogP contribution is 2.13. The molecule has 13 heavy (non-hydrogen) atoms. The van der Waals surface area contributed by atoms with Crippen LogP contribution in [0.3, 0.4) is 0 Å². The van der Waals surface area contributed by atoms with Crippen molar-refractivity contribution in [3.63, 3.8) is 0 Å². The van der Waals surface area contributed by atoms with Gasteiger partial charge in [-0.25, -0.2) is 0 Å². The van der Waals surface area contributed by atoms with Gasteiger partial charge in [0.15, 0.2) is 0 Å². The minimum Gasteiger partial charge on any atom is -0.399 e. The molecule has 0 radical (unpaired) electrons. The number of amides is 1. The number of carbonyl (C=O) groups is 1. The van der Waals surface area contributed by atoms with E-state index in [1.54, 1.807) is 18.2 Å². The van der Waals surface area contributed by atoms with Crippen molar-refractivity contribution in [3.05, 3.63) is 29.3 Å². The minimum atomic E-state index is -0.441. The number of hydrogen-bond donors (Lipinski definition) is 3. The molecule has 1 rings (SSSR count). The standard InChI is InChI=1S/C9H13N3O/c10-4-3-6-5-7(11)1-2-8(6)9(12)13/h1-2,5H,3-4,10-11H2,(H2,12,13). The SMILES string of the molecule is NCCc1cc(N)ccc1C(N)=O. The Balaban J connectivity index is 3.10. The van der Waals surface area contributed by atoms with Crippen LogP contribution in [-0.4, -0.2) is 12.5 Å². The van der Waals surface area contributed by atoms with Crippen molar-refractivity contribution in [1.29, 1.82) is 0 Å². The highest BCUT2D eigenvalue weighted by Gasteiger charge is 2.06. The van der Waals surface area contributed by atoms with E-state index in [0.717, 1.165) is 5.56 Å². The Morgan fingerprint density at radius 2 is 2.08 bits per heavy atom. The molecule has 6 N–H and O–H groups in total. The molecule has 0 saturated carbocycles. The van der Waals surface area contributed by atoms with Gasteiger partial charge in [-0.15, -0.1) is 0 Å². The molecule has 4 nitrogen and oxygen atoms in total. The number of hydrogen-bond acceptors (Lipinski definition) is 3. The number of primary amides is 1. The maximum absolute atomic E-state index is 10.9. The molecule has 0 aliphatic carbocycles. The monoisotopic (exact) mass is 179 g/mol. The van der Waals surface area contributed by atoms with Crippen LogP contribution >= 0.6 is 0 Å². The van der Waals surface area contributed by atoms with Crippen molar-refractivity contribution in [3.8, 4) is 0 Å². The Kier molecular flexibility index (Phi) is 2.87. The van der Waals surface area contributed by atoms with Crippen molar-refractivity contribution in [2.75, 3.05) is 12.3 Å². The lowest BCUT2D eigenvalue weighted by Crippen LogP contribution is -2.15. The zero-order valence-electron chi connectivity index (χ0n) is 7.29. The first-order chi connectivity index (χ1) is 6.15. The van der Waals surface area contributed by atoms with Gasteiger partial charge in [0.05, 0.1) is 0 Å². The van der Waals surface area contributed by atoms with E-state index in [-0.39, 0.29) is 0 Å². The van der Waals surface area contributed by atoms with Crippen LogP contribution in [0.15, 0.2) is 18.2 Å². The summed E-state index contributed by atoms with van der Waals surface area (Å²) >= 11 is 0. The van der Waals surface area contributed by atoms with Gasteiger partial charge in [-0.2, -0.15) is 0 Å². The summed E-state index contributed by atoms with van der Waals surface area (Å²) in [6.07, 6.45) is 0.614. The molecule has 0 fully saturated rings. The average Bonchev–Trinajstić information content (AvgIpc) is 2.04. The lowest BCUT2D eigenvalue weighted by Gasteiger charge is -2.05. The molecule has 1 amide bonds. The summed E-state index contributed by atoms with van der Waals surface area (Å²) < 4.78 is 0. The van der Waals surface area contributed by atoms with Gasteiger partial charge in [0.1, 0.15) is 0 Å². The second-order valence-corrected chi connectivity index (χ2v) is 2.82. The molecule has 0 atom stereocenters. The Morgan fingerprint density at radius 1 is 1.38 bits per heavy atom. The lowest BCUT2D eigenvalue weighted by molar-refractivity contribution is 0.0999. The van der Waals surface area contributed by atoms with Crippen molar-refractivity contribution in [1.82, 2.24) is 0 Å². The maximum Gasteiger partial charge on any atom is 0.248 e. The average molecular weight is 179 g/mol. The van der Waals surface area contributed by atoms with Crippen molar-refractivity contribution in [2.45, 2.75) is 6.42 Å². The van der Waals surface area contributed by atoms with E-state index in [9.17, 15) is 4.79 Å². The zero-order chi connectivity index (χ0) is 9.84. The number of carbonyl (C=O) groups excluding carboxylic acids is 1. The maximum atomic E-state index is 10.9. The molecule has 0 bridgehead atoms. The first-order valence-corrected chi connectivity index (χ1v) is 4.03. The summed E-state index contributed by atoms with van der Waals surface area (Å²) in [5, 5.41) is 0. The molecule has 0 heterocycles. The molecule has 1 aromatic carbocycles. The van der Waals surface area contributed by atoms with E-state index < -0.39 is 5.91 Å². The third kappa shape index (κ3) is 2.19.